The Balaban J connectivity index is 1.39. The molecule has 3 aromatic rings. The Labute approximate surface area is 136 Å². The van der Waals surface area contributed by atoms with Crippen LogP contribution in [0.3, 0.4) is 0 Å². The summed E-state index contributed by atoms with van der Waals surface area (Å²) in [4.78, 5) is 28.9. The van der Waals surface area contributed by atoms with Crippen LogP contribution in [0.5, 0.6) is 11.5 Å². The van der Waals surface area contributed by atoms with Crippen LogP contribution in [-0.4, -0.2) is 29.2 Å². The fourth-order valence-electron chi connectivity index (χ4n) is 2.70. The van der Waals surface area contributed by atoms with E-state index < -0.39 is 0 Å². The van der Waals surface area contributed by atoms with Crippen molar-refractivity contribution in [3.05, 3.63) is 58.0 Å². The first kappa shape index (κ1) is 14.4. The molecule has 1 aromatic heterocycles. The van der Waals surface area contributed by atoms with Crippen molar-refractivity contribution in [1.82, 2.24) is 15.3 Å². The van der Waals surface area contributed by atoms with Gasteiger partial charge in [-0.1, -0.05) is 6.07 Å². The fraction of sp³-hybridized carbons (Fsp3) is 0.176. The lowest BCUT2D eigenvalue weighted by Gasteiger charge is -2.06. The highest BCUT2D eigenvalue weighted by Crippen LogP contribution is 2.32. The fourth-order valence-corrected chi connectivity index (χ4v) is 2.70. The summed E-state index contributed by atoms with van der Waals surface area (Å²) in [6, 6.07) is 10.8. The molecule has 2 aromatic carbocycles. The first-order valence-electron chi connectivity index (χ1n) is 7.58. The lowest BCUT2D eigenvalue weighted by atomic mass is 10.1. The van der Waals surface area contributed by atoms with Gasteiger partial charge in [0.05, 0.1) is 11.0 Å². The van der Waals surface area contributed by atoms with Crippen molar-refractivity contribution in [2.24, 2.45) is 0 Å². The zero-order chi connectivity index (χ0) is 16.5. The predicted molar refractivity (Wildman–Crippen MR) is 87.5 cm³/mol. The highest BCUT2D eigenvalue weighted by atomic mass is 16.7. The summed E-state index contributed by atoms with van der Waals surface area (Å²) in [7, 11) is 0. The van der Waals surface area contributed by atoms with Crippen molar-refractivity contribution in [3.8, 4) is 11.5 Å². The minimum atomic E-state index is -0.224. The summed E-state index contributed by atoms with van der Waals surface area (Å²) in [5, 5.41) is 2.88. The van der Waals surface area contributed by atoms with Gasteiger partial charge in [0.25, 0.3) is 5.91 Å². The van der Waals surface area contributed by atoms with Crippen molar-refractivity contribution in [2.45, 2.75) is 6.42 Å². The highest BCUT2D eigenvalue weighted by Gasteiger charge is 2.15. The Hall–Kier alpha value is -3.22. The number of carbonyl (C=O) groups is 1. The van der Waals surface area contributed by atoms with Crippen molar-refractivity contribution in [2.75, 3.05) is 13.3 Å². The number of H-pyrrole nitrogens is 2. The SMILES string of the molecule is O=C(NCCc1ccc2[nH]c(=O)[nH]c2c1)c1ccc2c(c1)OCO2. The van der Waals surface area contributed by atoms with E-state index in [9.17, 15) is 9.59 Å². The summed E-state index contributed by atoms with van der Waals surface area (Å²) in [6.45, 7) is 0.678. The molecule has 2 heterocycles. The number of hydrogen-bond acceptors (Lipinski definition) is 4. The molecule has 3 N–H and O–H groups in total. The number of imidazole rings is 1. The van der Waals surface area contributed by atoms with Crippen LogP contribution in [-0.2, 0) is 6.42 Å². The quantitative estimate of drug-likeness (QED) is 0.678. The zero-order valence-corrected chi connectivity index (χ0v) is 12.7. The van der Waals surface area contributed by atoms with Crippen LogP contribution in [0.15, 0.2) is 41.2 Å². The number of benzene rings is 2. The van der Waals surface area contributed by atoms with Crippen LogP contribution in [0.1, 0.15) is 15.9 Å². The van der Waals surface area contributed by atoms with Gasteiger partial charge in [-0.25, -0.2) is 4.79 Å². The maximum absolute atomic E-state index is 12.2. The minimum Gasteiger partial charge on any atom is -0.454 e. The average Bonchev–Trinajstić information content (AvgIpc) is 3.18. The number of fused-ring (bicyclic) bond motifs is 2. The van der Waals surface area contributed by atoms with E-state index in [-0.39, 0.29) is 18.4 Å². The average molecular weight is 325 g/mol. The first-order chi connectivity index (χ1) is 11.7. The zero-order valence-electron chi connectivity index (χ0n) is 12.7. The molecule has 0 spiro atoms. The molecule has 122 valence electrons. The van der Waals surface area contributed by atoms with Gasteiger partial charge in [-0.2, -0.15) is 0 Å². The van der Waals surface area contributed by atoms with E-state index in [1.54, 1.807) is 18.2 Å². The molecule has 7 nitrogen and oxygen atoms in total. The molecule has 0 atom stereocenters. The summed E-state index contributed by atoms with van der Waals surface area (Å²) >= 11 is 0. The molecular formula is C17H15N3O4. The third-order valence-corrected chi connectivity index (χ3v) is 3.91. The molecule has 0 fully saturated rings. The summed E-state index contributed by atoms with van der Waals surface area (Å²) in [5.41, 5.74) is 2.87. The van der Waals surface area contributed by atoms with E-state index >= 15 is 0 Å². The molecule has 4 rings (SSSR count). The van der Waals surface area contributed by atoms with E-state index in [1.165, 1.54) is 0 Å². The van der Waals surface area contributed by atoms with E-state index in [2.05, 4.69) is 15.3 Å². The number of carbonyl (C=O) groups excluding carboxylic acids is 1. The number of rotatable bonds is 4. The largest absolute Gasteiger partial charge is 0.454 e. The van der Waals surface area contributed by atoms with Crippen LogP contribution in [0.2, 0.25) is 0 Å². The van der Waals surface area contributed by atoms with Gasteiger partial charge in [-0.05, 0) is 42.3 Å². The molecule has 0 saturated carbocycles. The van der Waals surface area contributed by atoms with Crippen molar-refractivity contribution >= 4 is 16.9 Å². The minimum absolute atomic E-state index is 0.163. The molecule has 0 saturated heterocycles. The number of nitrogens with one attached hydrogen (secondary N) is 3. The smallest absolute Gasteiger partial charge is 0.323 e. The highest BCUT2D eigenvalue weighted by molar-refractivity contribution is 5.94. The van der Waals surface area contributed by atoms with Crippen LogP contribution in [0.25, 0.3) is 11.0 Å². The Morgan fingerprint density at radius 2 is 1.88 bits per heavy atom. The van der Waals surface area contributed by atoms with Gasteiger partial charge in [0.15, 0.2) is 11.5 Å². The molecule has 0 radical (unpaired) electrons. The van der Waals surface area contributed by atoms with Gasteiger partial charge < -0.3 is 24.8 Å². The van der Waals surface area contributed by atoms with E-state index in [0.29, 0.717) is 30.0 Å². The van der Waals surface area contributed by atoms with Crippen molar-refractivity contribution in [3.63, 3.8) is 0 Å². The topological polar surface area (TPSA) is 96.2 Å². The van der Waals surface area contributed by atoms with Gasteiger partial charge in [-0.15, -0.1) is 0 Å². The van der Waals surface area contributed by atoms with Crippen molar-refractivity contribution < 1.29 is 14.3 Å². The third kappa shape index (κ3) is 2.71. The van der Waals surface area contributed by atoms with Crippen LogP contribution < -0.4 is 20.5 Å². The maximum Gasteiger partial charge on any atom is 0.323 e. The number of aromatic amines is 2. The molecule has 0 aliphatic carbocycles. The number of hydrogen-bond donors (Lipinski definition) is 3. The second-order valence-electron chi connectivity index (χ2n) is 5.53. The monoisotopic (exact) mass is 325 g/mol. The van der Waals surface area contributed by atoms with E-state index in [4.69, 9.17) is 9.47 Å². The predicted octanol–water partition coefficient (Wildman–Crippen LogP) is 1.56. The molecule has 7 heteroatoms. The molecule has 1 amide bonds. The molecule has 0 unspecified atom stereocenters. The summed E-state index contributed by atoms with van der Waals surface area (Å²) in [6.07, 6.45) is 0.666. The van der Waals surface area contributed by atoms with E-state index in [1.807, 2.05) is 18.2 Å². The number of ether oxygens (including phenoxy) is 2. The molecule has 1 aliphatic rings. The summed E-state index contributed by atoms with van der Waals surface area (Å²) < 4.78 is 10.5. The standard InChI is InChI=1S/C17H15N3O4/c21-16(11-2-4-14-15(8-11)24-9-23-14)18-6-5-10-1-3-12-13(7-10)20-17(22)19-12/h1-4,7-8H,5-6,9H2,(H,18,21)(H2,19,20,22). The van der Waals surface area contributed by atoms with Gasteiger partial charge in [0.1, 0.15) is 0 Å². The molecule has 24 heavy (non-hydrogen) atoms. The lowest BCUT2D eigenvalue weighted by Crippen LogP contribution is -2.25. The van der Waals surface area contributed by atoms with Crippen molar-refractivity contribution in [1.29, 1.82) is 0 Å². The van der Waals surface area contributed by atoms with Gasteiger partial charge in [0, 0.05) is 12.1 Å². The Morgan fingerprint density at radius 3 is 2.79 bits per heavy atom. The van der Waals surface area contributed by atoms with Crippen LogP contribution in [0.4, 0.5) is 0 Å². The maximum atomic E-state index is 12.2. The van der Waals surface area contributed by atoms with Crippen LogP contribution >= 0.6 is 0 Å². The lowest BCUT2D eigenvalue weighted by molar-refractivity contribution is 0.0953. The van der Waals surface area contributed by atoms with E-state index in [0.717, 1.165) is 16.6 Å². The molecule has 1 aliphatic heterocycles. The second kappa shape index (κ2) is 5.77. The number of aromatic nitrogens is 2. The summed E-state index contributed by atoms with van der Waals surface area (Å²) in [5.74, 6) is 1.08. The van der Waals surface area contributed by atoms with Gasteiger partial charge in [0.2, 0.25) is 6.79 Å². The van der Waals surface area contributed by atoms with Gasteiger partial charge in [-0.3, -0.25) is 4.79 Å². The second-order valence-corrected chi connectivity index (χ2v) is 5.53. The Bertz CT molecular complexity index is 973. The molecule has 0 bridgehead atoms. The number of amides is 1. The normalized spacial score (nSPS) is 12.5. The molecular weight excluding hydrogens is 310 g/mol. The van der Waals surface area contributed by atoms with Gasteiger partial charge >= 0.3 is 5.69 Å². The van der Waals surface area contributed by atoms with Crippen LogP contribution in [0, 0.1) is 0 Å². The third-order valence-electron chi connectivity index (χ3n) is 3.91. The Kier molecular flexibility index (Phi) is 3.45. The first-order valence-corrected chi connectivity index (χ1v) is 7.58. The Morgan fingerprint density at radius 1 is 1.04 bits per heavy atom.